The van der Waals surface area contributed by atoms with Gasteiger partial charge in [0.05, 0.1) is 11.2 Å². The summed E-state index contributed by atoms with van der Waals surface area (Å²) >= 11 is 0. The molecule has 0 aliphatic rings. The van der Waals surface area contributed by atoms with Crippen molar-refractivity contribution in [1.82, 2.24) is 0 Å². The average molecular weight is 463 g/mol. The van der Waals surface area contributed by atoms with Crippen LogP contribution in [0.5, 0.6) is 11.5 Å². The summed E-state index contributed by atoms with van der Waals surface area (Å²) in [5.41, 5.74) is 1.04. The molecule has 0 aromatic heterocycles. The van der Waals surface area contributed by atoms with E-state index in [1.807, 2.05) is 13.8 Å². The number of hydrogen-bond donors (Lipinski definition) is 4. The highest BCUT2D eigenvalue weighted by Crippen LogP contribution is 2.37. The Morgan fingerprint density at radius 3 is 1.67 bits per heavy atom. The number of aromatic hydroxyl groups is 2. The first-order valence-electron chi connectivity index (χ1n) is 12.8. The summed E-state index contributed by atoms with van der Waals surface area (Å²) in [4.78, 5) is 0. The van der Waals surface area contributed by atoms with E-state index < -0.39 is 11.2 Å². The molecule has 33 heavy (non-hydrogen) atoms. The van der Waals surface area contributed by atoms with E-state index in [9.17, 15) is 20.4 Å². The van der Waals surface area contributed by atoms with Crippen molar-refractivity contribution in [2.75, 3.05) is 0 Å². The van der Waals surface area contributed by atoms with Crippen molar-refractivity contribution in [3.63, 3.8) is 0 Å². The number of aliphatic hydroxyl groups is 2. The van der Waals surface area contributed by atoms with Gasteiger partial charge in [0, 0.05) is 11.1 Å². The Balaban J connectivity index is 2.43. The lowest BCUT2D eigenvalue weighted by molar-refractivity contribution is 0.0668. The molecule has 3 atom stereocenters. The van der Waals surface area contributed by atoms with Crippen molar-refractivity contribution in [2.45, 2.75) is 124 Å². The molecular formula is C29H50O4. The minimum atomic E-state index is -0.956. The Kier molecular flexibility index (Phi) is 11.5. The second-order valence-corrected chi connectivity index (χ2v) is 11.4. The van der Waals surface area contributed by atoms with Crippen molar-refractivity contribution in [3.05, 3.63) is 28.3 Å². The smallest absolute Gasteiger partial charge is 0.126 e. The van der Waals surface area contributed by atoms with E-state index in [1.165, 1.54) is 25.7 Å². The van der Waals surface area contributed by atoms with Gasteiger partial charge in [-0.05, 0) is 77.3 Å². The van der Waals surface area contributed by atoms with E-state index in [1.54, 1.807) is 39.8 Å². The highest BCUT2D eigenvalue weighted by atomic mass is 16.3. The molecule has 3 unspecified atom stereocenters. The van der Waals surface area contributed by atoms with Crippen molar-refractivity contribution in [3.8, 4) is 11.5 Å². The largest absolute Gasteiger partial charge is 0.507 e. The zero-order chi connectivity index (χ0) is 25.4. The first kappa shape index (κ1) is 29.5. The molecule has 0 saturated carbocycles. The van der Waals surface area contributed by atoms with Gasteiger partial charge in [-0.2, -0.15) is 0 Å². The minimum Gasteiger partial charge on any atom is -0.507 e. The predicted molar refractivity (Wildman–Crippen MR) is 140 cm³/mol. The average Bonchev–Trinajstić information content (AvgIpc) is 2.69. The van der Waals surface area contributed by atoms with Crippen molar-refractivity contribution < 1.29 is 20.4 Å². The standard InChI is InChI=1S/C29H50O4/c1-20(14-10-17-28(6,7)32)12-9-13-21(2)15-11-18-29(8,33)19-16-25-24(5)26(30)22(3)23(4)27(25)31/h16,19-21,30-33H,9-15,17-18H2,1-8H3. The fraction of sp³-hybridized carbons (Fsp3) is 0.724. The van der Waals surface area contributed by atoms with Crippen molar-refractivity contribution in [1.29, 1.82) is 0 Å². The van der Waals surface area contributed by atoms with E-state index in [-0.39, 0.29) is 11.5 Å². The molecule has 0 aliphatic heterocycles. The van der Waals surface area contributed by atoms with Gasteiger partial charge in [-0.15, -0.1) is 0 Å². The minimum absolute atomic E-state index is 0.165. The summed E-state index contributed by atoms with van der Waals surface area (Å²) in [7, 11) is 0. The first-order chi connectivity index (χ1) is 15.1. The molecule has 4 N–H and O–H groups in total. The molecule has 4 heteroatoms. The van der Waals surface area contributed by atoms with E-state index in [4.69, 9.17) is 0 Å². The molecule has 0 heterocycles. The highest BCUT2D eigenvalue weighted by Gasteiger charge is 2.19. The lowest BCUT2D eigenvalue weighted by Crippen LogP contribution is -2.20. The van der Waals surface area contributed by atoms with E-state index in [2.05, 4.69) is 13.8 Å². The second-order valence-electron chi connectivity index (χ2n) is 11.4. The lowest BCUT2D eigenvalue weighted by Gasteiger charge is -2.21. The molecule has 1 rings (SSSR count). The van der Waals surface area contributed by atoms with Gasteiger partial charge < -0.3 is 20.4 Å². The summed E-state index contributed by atoms with van der Waals surface area (Å²) in [5.74, 6) is 1.70. The number of phenolic OH excluding ortho intramolecular Hbond substituents is 2. The normalized spacial score (nSPS) is 16.2. The Bertz CT molecular complexity index is 742. The zero-order valence-corrected chi connectivity index (χ0v) is 22.5. The third kappa shape index (κ3) is 10.5. The quantitative estimate of drug-likeness (QED) is 0.218. The molecule has 0 bridgehead atoms. The number of phenols is 2. The van der Waals surface area contributed by atoms with Crippen molar-refractivity contribution >= 4 is 6.08 Å². The van der Waals surface area contributed by atoms with Gasteiger partial charge in [0.15, 0.2) is 0 Å². The second kappa shape index (κ2) is 12.8. The predicted octanol–water partition coefficient (Wildman–Crippen LogP) is 7.34. The molecule has 0 saturated heterocycles. The van der Waals surface area contributed by atoms with Crippen LogP contribution < -0.4 is 0 Å². The Hall–Kier alpha value is -1.52. The Labute approximate surface area is 202 Å². The summed E-state index contributed by atoms with van der Waals surface area (Å²) < 4.78 is 0. The number of rotatable bonds is 14. The van der Waals surface area contributed by atoms with Gasteiger partial charge in [-0.3, -0.25) is 0 Å². The summed E-state index contributed by atoms with van der Waals surface area (Å²) in [5, 5.41) is 41.4. The molecule has 0 radical (unpaired) electrons. The lowest BCUT2D eigenvalue weighted by atomic mass is 9.89. The van der Waals surface area contributed by atoms with Crippen LogP contribution in [0.2, 0.25) is 0 Å². The topological polar surface area (TPSA) is 80.9 Å². The molecule has 1 aromatic rings. The number of hydrogen-bond acceptors (Lipinski definition) is 4. The van der Waals surface area contributed by atoms with E-state index >= 15 is 0 Å². The fourth-order valence-corrected chi connectivity index (χ4v) is 4.49. The summed E-state index contributed by atoms with van der Waals surface area (Å²) in [6, 6.07) is 0. The molecule has 0 fully saturated rings. The van der Waals surface area contributed by atoms with Gasteiger partial charge >= 0.3 is 0 Å². The van der Waals surface area contributed by atoms with Gasteiger partial charge in [-0.1, -0.05) is 70.9 Å². The van der Waals surface area contributed by atoms with Crippen LogP contribution in [0.25, 0.3) is 6.08 Å². The van der Waals surface area contributed by atoms with Gasteiger partial charge in [-0.25, -0.2) is 0 Å². The van der Waals surface area contributed by atoms with Gasteiger partial charge in [0.2, 0.25) is 0 Å². The van der Waals surface area contributed by atoms with Gasteiger partial charge in [0.1, 0.15) is 11.5 Å². The summed E-state index contributed by atoms with van der Waals surface area (Å²) in [6.45, 7) is 15.5. The first-order valence-corrected chi connectivity index (χ1v) is 12.8. The van der Waals surface area contributed by atoms with E-state index in [0.29, 0.717) is 40.5 Å². The molecule has 190 valence electrons. The maximum Gasteiger partial charge on any atom is 0.126 e. The highest BCUT2D eigenvalue weighted by molar-refractivity contribution is 5.69. The van der Waals surface area contributed by atoms with Crippen LogP contribution in [-0.2, 0) is 0 Å². The van der Waals surface area contributed by atoms with Crippen LogP contribution >= 0.6 is 0 Å². The molecule has 0 spiro atoms. The summed E-state index contributed by atoms with van der Waals surface area (Å²) in [6.07, 6.45) is 13.0. The Morgan fingerprint density at radius 2 is 1.15 bits per heavy atom. The van der Waals surface area contributed by atoms with Crippen molar-refractivity contribution in [2.24, 2.45) is 11.8 Å². The van der Waals surface area contributed by atoms with Crippen LogP contribution in [0.15, 0.2) is 6.08 Å². The fourth-order valence-electron chi connectivity index (χ4n) is 4.49. The number of benzene rings is 1. The third-order valence-electron chi connectivity index (χ3n) is 7.16. The third-order valence-corrected chi connectivity index (χ3v) is 7.16. The maximum atomic E-state index is 10.8. The van der Waals surface area contributed by atoms with Crippen LogP contribution in [0.3, 0.4) is 0 Å². The van der Waals surface area contributed by atoms with Gasteiger partial charge in [0.25, 0.3) is 0 Å². The zero-order valence-electron chi connectivity index (χ0n) is 22.5. The molecule has 0 amide bonds. The molecule has 4 nitrogen and oxygen atoms in total. The van der Waals surface area contributed by atoms with Crippen LogP contribution in [-0.4, -0.2) is 31.6 Å². The molecular weight excluding hydrogens is 412 g/mol. The van der Waals surface area contributed by atoms with Crippen LogP contribution in [0, 0.1) is 32.6 Å². The van der Waals surface area contributed by atoms with E-state index in [0.717, 1.165) is 25.7 Å². The molecule has 0 aliphatic carbocycles. The Morgan fingerprint density at radius 1 is 0.697 bits per heavy atom. The monoisotopic (exact) mass is 462 g/mol. The molecule has 1 aromatic carbocycles. The van der Waals surface area contributed by atoms with Crippen LogP contribution in [0.4, 0.5) is 0 Å². The van der Waals surface area contributed by atoms with Crippen LogP contribution in [0.1, 0.15) is 115 Å². The maximum absolute atomic E-state index is 10.8. The SMILES string of the molecule is Cc1c(C)c(O)c(C=CC(C)(O)CCCC(C)CCCC(C)CCCC(C)(C)O)c(C)c1O.